The Morgan fingerprint density at radius 3 is 2.72 bits per heavy atom. The quantitative estimate of drug-likeness (QED) is 0.763. The lowest BCUT2D eigenvalue weighted by molar-refractivity contribution is 0.126. The van der Waals surface area contributed by atoms with Crippen LogP contribution in [0.15, 0.2) is 12.1 Å². The summed E-state index contributed by atoms with van der Waals surface area (Å²) < 4.78 is 1.46. The fourth-order valence-electron chi connectivity index (χ4n) is 3.30. The molecule has 0 saturated carbocycles. The summed E-state index contributed by atoms with van der Waals surface area (Å²) in [6.45, 7) is 0. The van der Waals surface area contributed by atoms with Crippen LogP contribution in [0.1, 0.15) is 25.7 Å². The maximum Gasteiger partial charge on any atom is 0.200 e. The zero-order valence-corrected chi connectivity index (χ0v) is 9.85. The number of tetrazole rings is 1. The van der Waals surface area contributed by atoms with Gasteiger partial charge in [-0.05, 0) is 48.2 Å². The van der Waals surface area contributed by atoms with E-state index in [-0.39, 0.29) is 6.10 Å². The number of piperidine rings is 1. The number of aliphatic hydroxyl groups is 1. The summed E-state index contributed by atoms with van der Waals surface area (Å²) in [5, 5.41) is 25.5. The van der Waals surface area contributed by atoms with Gasteiger partial charge in [0.05, 0.1) is 6.10 Å². The molecule has 2 aromatic heterocycles. The van der Waals surface area contributed by atoms with E-state index >= 15 is 0 Å². The third kappa shape index (κ3) is 1.40. The highest BCUT2D eigenvalue weighted by Crippen LogP contribution is 2.38. The zero-order valence-electron chi connectivity index (χ0n) is 9.85. The number of hydrogen-bond acceptors (Lipinski definition) is 6. The fourth-order valence-corrected chi connectivity index (χ4v) is 3.30. The van der Waals surface area contributed by atoms with Gasteiger partial charge in [0.1, 0.15) is 0 Å². The van der Waals surface area contributed by atoms with Gasteiger partial charge in [-0.15, -0.1) is 14.8 Å². The molecule has 2 atom stereocenters. The SMILES string of the molecule is OC1CC2CCC(C1)N2c1ccc2nnnn2n1. The molecule has 2 unspecified atom stereocenters. The Labute approximate surface area is 103 Å². The number of rotatable bonds is 1. The summed E-state index contributed by atoms with van der Waals surface area (Å²) >= 11 is 0. The first-order chi connectivity index (χ1) is 8.81. The molecule has 0 amide bonds. The van der Waals surface area contributed by atoms with Crippen molar-refractivity contribution in [3.8, 4) is 0 Å². The van der Waals surface area contributed by atoms with Crippen LogP contribution >= 0.6 is 0 Å². The lowest BCUT2D eigenvalue weighted by Crippen LogP contribution is -2.45. The summed E-state index contributed by atoms with van der Waals surface area (Å²) in [6.07, 6.45) is 3.79. The van der Waals surface area contributed by atoms with Gasteiger partial charge < -0.3 is 10.0 Å². The Morgan fingerprint density at radius 1 is 1.17 bits per heavy atom. The van der Waals surface area contributed by atoms with E-state index in [0.717, 1.165) is 31.5 Å². The molecule has 18 heavy (non-hydrogen) atoms. The van der Waals surface area contributed by atoms with Gasteiger partial charge in [0.15, 0.2) is 11.5 Å². The molecule has 2 saturated heterocycles. The van der Waals surface area contributed by atoms with Crippen molar-refractivity contribution in [3.63, 3.8) is 0 Å². The highest BCUT2D eigenvalue weighted by molar-refractivity contribution is 5.47. The van der Waals surface area contributed by atoms with Gasteiger partial charge >= 0.3 is 0 Å². The molecular weight excluding hydrogens is 232 g/mol. The van der Waals surface area contributed by atoms with Crippen LogP contribution in [0, 0.1) is 0 Å². The molecule has 1 N–H and O–H groups in total. The van der Waals surface area contributed by atoms with E-state index < -0.39 is 0 Å². The lowest BCUT2D eigenvalue weighted by atomic mass is 10.00. The monoisotopic (exact) mass is 246 g/mol. The lowest BCUT2D eigenvalue weighted by Gasteiger charge is -2.37. The molecule has 4 rings (SSSR count). The molecule has 94 valence electrons. The van der Waals surface area contributed by atoms with Gasteiger partial charge in [-0.2, -0.15) is 0 Å². The normalized spacial score (nSPS) is 31.2. The highest BCUT2D eigenvalue weighted by atomic mass is 16.3. The molecule has 0 spiro atoms. The molecule has 2 bridgehead atoms. The van der Waals surface area contributed by atoms with Crippen molar-refractivity contribution in [1.29, 1.82) is 0 Å². The van der Waals surface area contributed by atoms with Crippen molar-refractivity contribution in [2.75, 3.05) is 4.90 Å². The largest absolute Gasteiger partial charge is 0.393 e. The van der Waals surface area contributed by atoms with Crippen LogP contribution in [0.3, 0.4) is 0 Å². The minimum absolute atomic E-state index is 0.157. The predicted molar refractivity (Wildman–Crippen MR) is 63.1 cm³/mol. The number of aromatic nitrogens is 5. The molecule has 2 fully saturated rings. The van der Waals surface area contributed by atoms with Crippen molar-refractivity contribution in [2.24, 2.45) is 0 Å². The molecule has 7 nitrogen and oxygen atoms in total. The first-order valence-electron chi connectivity index (χ1n) is 6.33. The second-order valence-corrected chi connectivity index (χ2v) is 5.14. The Kier molecular flexibility index (Phi) is 2.05. The second kappa shape index (κ2) is 3.61. The van der Waals surface area contributed by atoms with Gasteiger partial charge in [-0.3, -0.25) is 0 Å². The molecule has 0 aliphatic carbocycles. The van der Waals surface area contributed by atoms with E-state index in [1.807, 2.05) is 12.1 Å². The molecule has 0 aromatic carbocycles. The number of fused-ring (bicyclic) bond motifs is 3. The fraction of sp³-hybridized carbons (Fsp3) is 0.636. The summed E-state index contributed by atoms with van der Waals surface area (Å²) in [5.74, 6) is 0.911. The standard InChI is InChI=1S/C11H14N6O/c18-9-5-7-1-2-8(6-9)16(7)11-4-3-10-12-14-15-17(10)13-11/h3-4,7-9,18H,1-2,5-6H2. The van der Waals surface area contributed by atoms with Crippen LogP contribution < -0.4 is 4.90 Å². The first kappa shape index (κ1) is 10.2. The third-order valence-corrected chi connectivity index (χ3v) is 4.03. The number of hydrogen-bond donors (Lipinski definition) is 1. The van der Waals surface area contributed by atoms with Crippen LogP contribution in [-0.4, -0.2) is 48.5 Å². The zero-order chi connectivity index (χ0) is 12.1. The molecule has 4 heterocycles. The maximum absolute atomic E-state index is 9.81. The van der Waals surface area contributed by atoms with E-state index in [0.29, 0.717) is 17.7 Å². The third-order valence-electron chi connectivity index (χ3n) is 4.03. The first-order valence-corrected chi connectivity index (χ1v) is 6.33. The number of aliphatic hydroxyl groups excluding tert-OH is 1. The molecule has 2 aliphatic rings. The van der Waals surface area contributed by atoms with E-state index in [2.05, 4.69) is 25.5 Å². The van der Waals surface area contributed by atoms with E-state index in [9.17, 15) is 5.11 Å². The minimum atomic E-state index is -0.157. The van der Waals surface area contributed by atoms with Gasteiger partial charge in [0, 0.05) is 12.1 Å². The second-order valence-electron chi connectivity index (χ2n) is 5.14. The van der Waals surface area contributed by atoms with Gasteiger partial charge in [0.2, 0.25) is 0 Å². The number of anilines is 1. The molecule has 7 heteroatoms. The Hall–Kier alpha value is -1.76. The van der Waals surface area contributed by atoms with E-state index in [1.54, 1.807) is 0 Å². The van der Waals surface area contributed by atoms with Crippen LogP contribution in [0.5, 0.6) is 0 Å². The molecule has 2 aliphatic heterocycles. The van der Waals surface area contributed by atoms with Crippen molar-refractivity contribution in [1.82, 2.24) is 25.3 Å². The van der Waals surface area contributed by atoms with E-state index in [4.69, 9.17) is 0 Å². The van der Waals surface area contributed by atoms with Gasteiger partial charge in [-0.25, -0.2) is 0 Å². The molecule has 0 radical (unpaired) electrons. The minimum Gasteiger partial charge on any atom is -0.393 e. The van der Waals surface area contributed by atoms with Crippen LogP contribution in [0.2, 0.25) is 0 Å². The van der Waals surface area contributed by atoms with Gasteiger partial charge in [0.25, 0.3) is 0 Å². The maximum atomic E-state index is 9.81. The Morgan fingerprint density at radius 2 is 1.94 bits per heavy atom. The average molecular weight is 246 g/mol. The van der Waals surface area contributed by atoms with Crippen LogP contribution in [0.4, 0.5) is 5.82 Å². The number of nitrogens with zero attached hydrogens (tertiary/aromatic N) is 6. The smallest absolute Gasteiger partial charge is 0.200 e. The highest BCUT2D eigenvalue weighted by Gasteiger charge is 2.40. The van der Waals surface area contributed by atoms with Gasteiger partial charge in [-0.1, -0.05) is 0 Å². The summed E-state index contributed by atoms with van der Waals surface area (Å²) in [5.41, 5.74) is 0.656. The topological polar surface area (TPSA) is 79.4 Å². The van der Waals surface area contributed by atoms with Crippen molar-refractivity contribution in [3.05, 3.63) is 12.1 Å². The predicted octanol–water partition coefficient (Wildman–Crippen LogP) is 0.0114. The van der Waals surface area contributed by atoms with Crippen LogP contribution in [0.25, 0.3) is 5.65 Å². The summed E-state index contributed by atoms with van der Waals surface area (Å²) in [4.78, 5) is 2.33. The Bertz CT molecular complexity index is 570. The Balaban J connectivity index is 1.74. The summed E-state index contributed by atoms with van der Waals surface area (Å²) in [7, 11) is 0. The van der Waals surface area contributed by atoms with Crippen LogP contribution in [-0.2, 0) is 0 Å². The van der Waals surface area contributed by atoms with Crippen molar-refractivity contribution >= 4 is 11.5 Å². The molecule has 2 aromatic rings. The van der Waals surface area contributed by atoms with Crippen molar-refractivity contribution < 1.29 is 5.11 Å². The van der Waals surface area contributed by atoms with E-state index in [1.165, 1.54) is 4.63 Å². The molecular formula is C11H14N6O. The average Bonchev–Trinajstić information content (AvgIpc) is 2.91. The van der Waals surface area contributed by atoms with Crippen molar-refractivity contribution in [2.45, 2.75) is 43.9 Å². The summed E-state index contributed by atoms with van der Waals surface area (Å²) in [6, 6.07) is 4.65.